The number of thioether (sulfide) groups is 1. The second kappa shape index (κ2) is 7.72. The minimum atomic E-state index is -3.10. The average Bonchev–Trinajstić information content (AvgIpc) is 2.74. The van der Waals surface area contributed by atoms with Crippen LogP contribution in [-0.2, 0) is 10.0 Å². The van der Waals surface area contributed by atoms with Crippen molar-refractivity contribution in [2.45, 2.75) is 44.3 Å². The van der Waals surface area contributed by atoms with Gasteiger partial charge in [-0.3, -0.25) is 0 Å². The lowest BCUT2D eigenvalue weighted by molar-refractivity contribution is 0.548. The van der Waals surface area contributed by atoms with Crippen LogP contribution in [0, 0.1) is 0 Å². The summed E-state index contributed by atoms with van der Waals surface area (Å²) in [5, 5.41) is 3.22. The predicted octanol–water partition coefficient (Wildman–Crippen LogP) is 1.58. The second-order valence-corrected chi connectivity index (χ2v) is 8.75. The van der Waals surface area contributed by atoms with E-state index in [2.05, 4.69) is 23.9 Å². The van der Waals surface area contributed by atoms with Crippen molar-refractivity contribution in [1.82, 2.24) is 10.0 Å². The van der Waals surface area contributed by atoms with Crippen LogP contribution in [0.1, 0.15) is 39.5 Å². The third kappa shape index (κ3) is 6.41. The van der Waals surface area contributed by atoms with Gasteiger partial charge in [0.1, 0.15) is 0 Å². The van der Waals surface area contributed by atoms with Crippen LogP contribution < -0.4 is 10.0 Å². The standard InChI is InChI=1S/C12H26N2O2S2/c1-3-7-13-8-5-10-18(15,16)14-11-12(2)6-4-9-17-12/h13-14H,3-11H2,1-2H3. The fourth-order valence-electron chi connectivity index (χ4n) is 2.00. The molecule has 0 radical (unpaired) electrons. The van der Waals surface area contributed by atoms with Gasteiger partial charge in [-0.2, -0.15) is 11.8 Å². The molecule has 0 aromatic heterocycles. The summed E-state index contributed by atoms with van der Waals surface area (Å²) in [7, 11) is -3.10. The summed E-state index contributed by atoms with van der Waals surface area (Å²) in [5.41, 5.74) is 0. The lowest BCUT2D eigenvalue weighted by Gasteiger charge is -2.22. The Morgan fingerprint density at radius 2 is 2.11 bits per heavy atom. The van der Waals surface area contributed by atoms with Crippen molar-refractivity contribution in [3.05, 3.63) is 0 Å². The monoisotopic (exact) mass is 294 g/mol. The van der Waals surface area contributed by atoms with E-state index in [9.17, 15) is 8.42 Å². The van der Waals surface area contributed by atoms with Crippen molar-refractivity contribution in [3.8, 4) is 0 Å². The summed E-state index contributed by atoms with van der Waals surface area (Å²) in [4.78, 5) is 0. The number of rotatable bonds is 9. The summed E-state index contributed by atoms with van der Waals surface area (Å²) in [6.45, 7) is 6.56. The van der Waals surface area contributed by atoms with Crippen LogP contribution in [0.3, 0.4) is 0 Å². The first-order chi connectivity index (χ1) is 8.47. The van der Waals surface area contributed by atoms with Gasteiger partial charge in [0.2, 0.25) is 10.0 Å². The highest BCUT2D eigenvalue weighted by Crippen LogP contribution is 2.37. The smallest absolute Gasteiger partial charge is 0.211 e. The Morgan fingerprint density at radius 1 is 1.33 bits per heavy atom. The first kappa shape index (κ1) is 16.3. The predicted molar refractivity (Wildman–Crippen MR) is 79.7 cm³/mol. The van der Waals surface area contributed by atoms with Gasteiger partial charge in [-0.25, -0.2) is 13.1 Å². The molecule has 0 spiro atoms. The van der Waals surface area contributed by atoms with Gasteiger partial charge < -0.3 is 5.32 Å². The molecule has 0 amide bonds. The molecule has 1 aliphatic heterocycles. The van der Waals surface area contributed by atoms with Gasteiger partial charge in [-0.05, 0) is 51.4 Å². The Hall–Kier alpha value is 0.220. The number of hydrogen-bond acceptors (Lipinski definition) is 4. The van der Waals surface area contributed by atoms with E-state index in [1.807, 2.05) is 11.8 Å². The van der Waals surface area contributed by atoms with Crippen LogP contribution in [0.2, 0.25) is 0 Å². The van der Waals surface area contributed by atoms with Crippen LogP contribution in [0.4, 0.5) is 0 Å². The molecule has 108 valence electrons. The van der Waals surface area contributed by atoms with Crippen molar-refractivity contribution >= 4 is 21.8 Å². The highest BCUT2D eigenvalue weighted by molar-refractivity contribution is 8.01. The zero-order valence-corrected chi connectivity index (χ0v) is 13.1. The van der Waals surface area contributed by atoms with Gasteiger partial charge in [0.25, 0.3) is 0 Å². The summed E-state index contributed by atoms with van der Waals surface area (Å²) >= 11 is 1.88. The molecule has 1 atom stereocenters. The largest absolute Gasteiger partial charge is 0.317 e. The third-order valence-corrected chi connectivity index (χ3v) is 6.11. The molecule has 0 saturated carbocycles. The molecular formula is C12H26N2O2S2. The molecule has 1 heterocycles. The number of hydrogen-bond donors (Lipinski definition) is 2. The first-order valence-electron chi connectivity index (χ1n) is 6.79. The molecule has 1 rings (SSSR count). The first-order valence-corrected chi connectivity index (χ1v) is 9.43. The van der Waals surface area contributed by atoms with Crippen molar-refractivity contribution in [3.63, 3.8) is 0 Å². The Bertz CT molecular complexity index is 325. The molecule has 0 aromatic carbocycles. The molecule has 6 heteroatoms. The van der Waals surface area contributed by atoms with E-state index in [-0.39, 0.29) is 10.5 Å². The Kier molecular flexibility index (Phi) is 6.98. The molecule has 1 aliphatic rings. The summed E-state index contributed by atoms with van der Waals surface area (Å²) in [5.74, 6) is 1.38. The van der Waals surface area contributed by atoms with Gasteiger partial charge in [0.05, 0.1) is 5.75 Å². The minimum absolute atomic E-state index is 0.105. The van der Waals surface area contributed by atoms with Crippen molar-refractivity contribution in [2.24, 2.45) is 0 Å². The summed E-state index contributed by atoms with van der Waals surface area (Å²) < 4.78 is 26.5. The van der Waals surface area contributed by atoms with E-state index >= 15 is 0 Å². The summed E-state index contributed by atoms with van der Waals surface area (Å²) in [6.07, 6.45) is 4.07. The molecule has 0 aromatic rings. The minimum Gasteiger partial charge on any atom is -0.317 e. The molecule has 1 saturated heterocycles. The Balaban J connectivity index is 2.19. The molecule has 1 unspecified atom stereocenters. The van der Waals surface area contributed by atoms with Crippen LogP contribution in [-0.4, -0.2) is 44.3 Å². The van der Waals surface area contributed by atoms with Crippen LogP contribution in [0.5, 0.6) is 0 Å². The molecule has 0 bridgehead atoms. The molecule has 2 N–H and O–H groups in total. The fourth-order valence-corrected chi connectivity index (χ4v) is 4.54. The normalized spacial score (nSPS) is 24.6. The Morgan fingerprint density at radius 3 is 2.72 bits per heavy atom. The van der Waals surface area contributed by atoms with Gasteiger partial charge >= 0.3 is 0 Å². The maximum Gasteiger partial charge on any atom is 0.211 e. The van der Waals surface area contributed by atoms with Gasteiger partial charge in [-0.15, -0.1) is 0 Å². The van der Waals surface area contributed by atoms with E-state index in [0.717, 1.165) is 31.7 Å². The topological polar surface area (TPSA) is 58.2 Å². The molecule has 4 nitrogen and oxygen atoms in total. The van der Waals surface area contributed by atoms with Crippen molar-refractivity contribution < 1.29 is 8.42 Å². The van der Waals surface area contributed by atoms with Crippen molar-refractivity contribution in [2.75, 3.05) is 31.1 Å². The second-order valence-electron chi connectivity index (χ2n) is 5.15. The lowest BCUT2D eigenvalue weighted by atomic mass is 10.1. The van der Waals surface area contributed by atoms with E-state index < -0.39 is 10.0 Å². The summed E-state index contributed by atoms with van der Waals surface area (Å²) in [6, 6.07) is 0. The van der Waals surface area contributed by atoms with Crippen LogP contribution in [0.15, 0.2) is 0 Å². The maximum absolute atomic E-state index is 11.8. The number of sulfonamides is 1. The van der Waals surface area contributed by atoms with Gasteiger partial charge in [-0.1, -0.05) is 6.92 Å². The van der Waals surface area contributed by atoms with Crippen LogP contribution in [0.25, 0.3) is 0 Å². The van der Waals surface area contributed by atoms with E-state index in [1.165, 1.54) is 6.42 Å². The average molecular weight is 294 g/mol. The van der Waals surface area contributed by atoms with Gasteiger partial charge in [0.15, 0.2) is 0 Å². The molecule has 18 heavy (non-hydrogen) atoms. The van der Waals surface area contributed by atoms with Crippen molar-refractivity contribution in [1.29, 1.82) is 0 Å². The Labute approximate surface area is 116 Å². The zero-order valence-electron chi connectivity index (χ0n) is 11.5. The number of nitrogens with one attached hydrogen (secondary N) is 2. The van der Waals surface area contributed by atoms with Gasteiger partial charge in [0, 0.05) is 11.3 Å². The van der Waals surface area contributed by atoms with E-state index in [0.29, 0.717) is 13.0 Å². The lowest BCUT2D eigenvalue weighted by Crippen LogP contribution is -2.38. The molecule has 0 aliphatic carbocycles. The maximum atomic E-state index is 11.8. The highest BCUT2D eigenvalue weighted by Gasteiger charge is 2.30. The van der Waals surface area contributed by atoms with E-state index in [1.54, 1.807) is 0 Å². The SMILES string of the molecule is CCCNCCCS(=O)(=O)NCC1(C)CCCS1. The van der Waals surface area contributed by atoms with Crippen LogP contribution >= 0.6 is 11.8 Å². The molecule has 1 fully saturated rings. The molecular weight excluding hydrogens is 268 g/mol. The third-order valence-electron chi connectivity index (χ3n) is 3.16. The fraction of sp³-hybridized carbons (Fsp3) is 1.00. The quantitative estimate of drug-likeness (QED) is 0.634. The van der Waals surface area contributed by atoms with E-state index in [4.69, 9.17) is 0 Å². The zero-order chi connectivity index (χ0) is 13.5. The highest BCUT2D eigenvalue weighted by atomic mass is 32.2.